The zero-order chi connectivity index (χ0) is 18.7. The molecule has 6 heteroatoms. The molecular weight excluding hydrogens is 336 g/mol. The number of allylic oxidation sites excluding steroid dienone is 1. The predicted octanol–water partition coefficient (Wildman–Crippen LogP) is 4.58. The van der Waals surface area contributed by atoms with Crippen molar-refractivity contribution >= 4 is 16.7 Å². The standard InChI is InChI=1S/C20H11F2N3O/c1-26-20(14(10-23)11-24)13-3-2-12-4-7-18(25-19(12)8-13)16-9-15(21)5-6-17(16)22/h2-9H,1H3. The van der Waals surface area contributed by atoms with Crippen LogP contribution in [0.15, 0.2) is 54.1 Å². The van der Waals surface area contributed by atoms with E-state index in [1.54, 1.807) is 42.5 Å². The monoisotopic (exact) mass is 347 g/mol. The van der Waals surface area contributed by atoms with Crippen molar-refractivity contribution in [2.45, 2.75) is 0 Å². The first-order chi connectivity index (χ1) is 12.6. The van der Waals surface area contributed by atoms with Crippen LogP contribution in [0.25, 0.3) is 27.9 Å². The Morgan fingerprint density at radius 3 is 2.42 bits per heavy atom. The van der Waals surface area contributed by atoms with Gasteiger partial charge in [-0.3, -0.25) is 0 Å². The maximum absolute atomic E-state index is 14.0. The molecule has 0 radical (unpaired) electrons. The second-order valence-electron chi connectivity index (χ2n) is 5.36. The van der Waals surface area contributed by atoms with E-state index in [0.717, 1.165) is 23.6 Å². The Kier molecular flexibility index (Phi) is 4.59. The van der Waals surface area contributed by atoms with Gasteiger partial charge in [0.05, 0.1) is 18.3 Å². The smallest absolute Gasteiger partial charge is 0.172 e. The molecule has 126 valence electrons. The lowest BCUT2D eigenvalue weighted by atomic mass is 10.0. The molecule has 0 amide bonds. The van der Waals surface area contributed by atoms with Crippen LogP contribution in [-0.2, 0) is 4.74 Å². The van der Waals surface area contributed by atoms with E-state index >= 15 is 0 Å². The van der Waals surface area contributed by atoms with Gasteiger partial charge in [0.2, 0.25) is 0 Å². The van der Waals surface area contributed by atoms with Gasteiger partial charge in [-0.15, -0.1) is 0 Å². The molecule has 0 aliphatic carbocycles. The average molecular weight is 347 g/mol. The highest BCUT2D eigenvalue weighted by Crippen LogP contribution is 2.27. The van der Waals surface area contributed by atoms with E-state index < -0.39 is 11.6 Å². The highest BCUT2D eigenvalue weighted by molar-refractivity contribution is 5.85. The summed E-state index contributed by atoms with van der Waals surface area (Å²) >= 11 is 0. The number of hydrogen-bond donors (Lipinski definition) is 0. The van der Waals surface area contributed by atoms with Gasteiger partial charge in [-0.2, -0.15) is 10.5 Å². The number of halogens is 2. The Labute approximate surface area is 148 Å². The fourth-order valence-corrected chi connectivity index (χ4v) is 2.59. The lowest BCUT2D eigenvalue weighted by molar-refractivity contribution is 0.369. The van der Waals surface area contributed by atoms with Gasteiger partial charge in [0.1, 0.15) is 23.8 Å². The molecule has 0 saturated carbocycles. The molecule has 3 aromatic rings. The fourth-order valence-electron chi connectivity index (χ4n) is 2.59. The fraction of sp³-hybridized carbons (Fsp3) is 0.0500. The summed E-state index contributed by atoms with van der Waals surface area (Å²) in [7, 11) is 1.36. The van der Waals surface area contributed by atoms with Crippen LogP contribution in [0.1, 0.15) is 5.56 Å². The molecule has 0 fully saturated rings. The maximum Gasteiger partial charge on any atom is 0.172 e. The van der Waals surface area contributed by atoms with Gasteiger partial charge in [-0.05, 0) is 30.3 Å². The van der Waals surface area contributed by atoms with Crippen molar-refractivity contribution < 1.29 is 13.5 Å². The summed E-state index contributed by atoms with van der Waals surface area (Å²) in [4.78, 5) is 4.39. The van der Waals surface area contributed by atoms with E-state index in [2.05, 4.69) is 4.98 Å². The van der Waals surface area contributed by atoms with Gasteiger partial charge in [0.25, 0.3) is 0 Å². The molecule has 0 unspecified atom stereocenters. The molecule has 0 N–H and O–H groups in total. The van der Waals surface area contributed by atoms with E-state index in [1.807, 2.05) is 0 Å². The minimum atomic E-state index is -0.580. The van der Waals surface area contributed by atoms with Crippen LogP contribution >= 0.6 is 0 Å². The Morgan fingerprint density at radius 1 is 1.00 bits per heavy atom. The Hall–Kier alpha value is -3.77. The number of ether oxygens (including phenoxy) is 1. The summed E-state index contributed by atoms with van der Waals surface area (Å²) in [6.45, 7) is 0. The molecule has 4 nitrogen and oxygen atoms in total. The minimum Gasteiger partial charge on any atom is -0.494 e. The van der Waals surface area contributed by atoms with Crippen LogP contribution in [-0.4, -0.2) is 12.1 Å². The first-order valence-electron chi connectivity index (χ1n) is 7.52. The molecule has 2 aromatic carbocycles. The van der Waals surface area contributed by atoms with Gasteiger partial charge < -0.3 is 4.74 Å². The summed E-state index contributed by atoms with van der Waals surface area (Å²) in [5.41, 5.74) is 1.14. The zero-order valence-electron chi connectivity index (χ0n) is 13.6. The van der Waals surface area contributed by atoms with Crippen LogP contribution in [0.4, 0.5) is 8.78 Å². The molecule has 3 rings (SSSR count). The SMILES string of the molecule is COC(=C(C#N)C#N)c1ccc2ccc(-c3cc(F)ccc3F)nc2c1. The number of pyridine rings is 1. The van der Waals surface area contributed by atoms with Gasteiger partial charge in [-0.25, -0.2) is 13.8 Å². The molecule has 0 aliphatic rings. The number of rotatable bonds is 3. The molecule has 26 heavy (non-hydrogen) atoms. The van der Waals surface area contributed by atoms with Crippen molar-refractivity contribution in [3.8, 4) is 23.4 Å². The summed E-state index contributed by atoms with van der Waals surface area (Å²) in [5.74, 6) is -1.02. The molecule has 1 aromatic heterocycles. The third kappa shape index (κ3) is 3.09. The number of benzene rings is 2. The lowest BCUT2D eigenvalue weighted by Gasteiger charge is -2.09. The van der Waals surface area contributed by atoms with E-state index in [4.69, 9.17) is 15.3 Å². The number of fused-ring (bicyclic) bond motifs is 1. The molecule has 0 atom stereocenters. The first kappa shape index (κ1) is 17.1. The second-order valence-corrected chi connectivity index (χ2v) is 5.36. The Bertz CT molecular complexity index is 1110. The van der Waals surface area contributed by atoms with Crippen molar-refractivity contribution in [1.82, 2.24) is 4.98 Å². The van der Waals surface area contributed by atoms with Crippen molar-refractivity contribution in [3.63, 3.8) is 0 Å². The molecule has 0 aliphatic heterocycles. The highest BCUT2D eigenvalue weighted by Gasteiger charge is 2.12. The van der Waals surface area contributed by atoms with Crippen molar-refractivity contribution in [2.75, 3.05) is 7.11 Å². The van der Waals surface area contributed by atoms with Crippen molar-refractivity contribution in [2.24, 2.45) is 0 Å². The van der Waals surface area contributed by atoms with Crippen molar-refractivity contribution in [1.29, 1.82) is 10.5 Å². The van der Waals surface area contributed by atoms with Crippen LogP contribution in [0.3, 0.4) is 0 Å². The molecule has 1 heterocycles. The normalized spacial score (nSPS) is 10.0. The summed E-state index contributed by atoms with van der Waals surface area (Å²) in [6.07, 6.45) is 0. The molecular formula is C20H11F2N3O. The first-order valence-corrected chi connectivity index (χ1v) is 7.52. The largest absolute Gasteiger partial charge is 0.494 e. The molecule has 0 saturated heterocycles. The second kappa shape index (κ2) is 7.00. The van der Waals surface area contributed by atoms with Gasteiger partial charge in [0.15, 0.2) is 11.3 Å². The highest BCUT2D eigenvalue weighted by atomic mass is 19.1. The summed E-state index contributed by atoms with van der Waals surface area (Å²) < 4.78 is 32.6. The average Bonchev–Trinajstić information content (AvgIpc) is 2.67. The zero-order valence-corrected chi connectivity index (χ0v) is 13.6. The number of methoxy groups -OCH3 is 1. The predicted molar refractivity (Wildman–Crippen MR) is 92.3 cm³/mol. The summed E-state index contributed by atoms with van der Waals surface area (Å²) in [6, 6.07) is 15.1. The third-order valence-corrected chi connectivity index (χ3v) is 3.81. The topological polar surface area (TPSA) is 69.7 Å². The maximum atomic E-state index is 14.0. The number of nitrogens with zero attached hydrogens (tertiary/aromatic N) is 3. The molecule has 0 bridgehead atoms. The van der Waals surface area contributed by atoms with E-state index in [1.165, 1.54) is 7.11 Å². The third-order valence-electron chi connectivity index (χ3n) is 3.81. The quantitative estimate of drug-likeness (QED) is 0.513. The van der Waals surface area contributed by atoms with Crippen LogP contribution in [0.5, 0.6) is 0 Å². The lowest BCUT2D eigenvalue weighted by Crippen LogP contribution is -1.94. The summed E-state index contributed by atoms with van der Waals surface area (Å²) in [5, 5.41) is 18.9. The van der Waals surface area contributed by atoms with Crippen LogP contribution in [0, 0.1) is 34.3 Å². The van der Waals surface area contributed by atoms with E-state index in [0.29, 0.717) is 11.1 Å². The Morgan fingerprint density at radius 2 is 1.73 bits per heavy atom. The van der Waals surface area contributed by atoms with E-state index in [-0.39, 0.29) is 22.6 Å². The minimum absolute atomic E-state index is 0.0505. The number of aromatic nitrogens is 1. The van der Waals surface area contributed by atoms with Crippen molar-refractivity contribution in [3.05, 3.63) is 71.3 Å². The molecule has 0 spiro atoms. The van der Waals surface area contributed by atoms with Gasteiger partial charge in [0, 0.05) is 16.5 Å². The van der Waals surface area contributed by atoms with Crippen LogP contribution < -0.4 is 0 Å². The Balaban J connectivity index is 2.19. The van der Waals surface area contributed by atoms with Crippen LogP contribution in [0.2, 0.25) is 0 Å². The van der Waals surface area contributed by atoms with Gasteiger partial charge in [-0.1, -0.05) is 18.2 Å². The van der Waals surface area contributed by atoms with Gasteiger partial charge >= 0.3 is 0 Å². The van der Waals surface area contributed by atoms with E-state index in [9.17, 15) is 8.78 Å². The number of hydrogen-bond acceptors (Lipinski definition) is 4. The number of nitriles is 2.